The highest BCUT2D eigenvalue weighted by Gasteiger charge is 2.13. The van der Waals surface area contributed by atoms with Crippen LogP contribution in [0, 0.1) is 0 Å². The Morgan fingerprint density at radius 1 is 1.24 bits per heavy atom. The zero-order valence-corrected chi connectivity index (χ0v) is 10.9. The third-order valence-corrected chi connectivity index (χ3v) is 1.29. The average Bonchev–Trinajstić information content (AvgIpc) is 2.13. The lowest BCUT2D eigenvalue weighted by Gasteiger charge is -2.17. The summed E-state index contributed by atoms with van der Waals surface area (Å²) < 4.78 is 4.80. The molecule has 0 saturated heterocycles. The van der Waals surface area contributed by atoms with Crippen LogP contribution < -0.4 is 5.73 Å². The minimum Gasteiger partial charge on any atom is -0.478 e. The van der Waals surface area contributed by atoms with Gasteiger partial charge >= 0.3 is 11.9 Å². The molecule has 98 valence electrons. The Morgan fingerprint density at radius 3 is 1.76 bits per heavy atom. The van der Waals surface area contributed by atoms with Crippen LogP contribution in [-0.2, 0) is 14.3 Å². The first-order valence-corrected chi connectivity index (χ1v) is 4.97. The van der Waals surface area contributed by atoms with E-state index in [1.165, 1.54) is 6.92 Å². The van der Waals surface area contributed by atoms with Crippen LogP contribution >= 0.6 is 0 Å². The van der Waals surface area contributed by atoms with Crippen molar-refractivity contribution in [2.75, 3.05) is 6.61 Å². The molecule has 0 radical (unpaired) electrons. The van der Waals surface area contributed by atoms with Crippen LogP contribution in [0.3, 0.4) is 0 Å². The molecule has 0 saturated carbocycles. The summed E-state index contributed by atoms with van der Waals surface area (Å²) in [6, 6.07) is 0. The van der Waals surface area contributed by atoms with E-state index in [1.807, 2.05) is 0 Å². The normalized spacial score (nSPS) is 9.71. The molecule has 0 aromatic carbocycles. The number of carboxylic acids is 1. The molecule has 5 heteroatoms. The van der Waals surface area contributed by atoms with E-state index in [4.69, 9.17) is 15.6 Å². The van der Waals surface area contributed by atoms with Crippen molar-refractivity contribution < 1.29 is 19.4 Å². The first kappa shape index (κ1) is 17.8. The maximum Gasteiger partial charge on any atom is 0.333 e. The number of carboxylic acid groups (broad SMARTS) is 1. The van der Waals surface area contributed by atoms with E-state index in [0.29, 0.717) is 5.57 Å². The predicted octanol–water partition coefficient (Wildman–Crippen LogP) is 1.49. The Morgan fingerprint density at radius 2 is 1.59 bits per heavy atom. The first-order valence-electron chi connectivity index (χ1n) is 4.97. The van der Waals surface area contributed by atoms with Crippen molar-refractivity contribution in [3.05, 3.63) is 24.3 Å². The van der Waals surface area contributed by atoms with Crippen molar-refractivity contribution in [2.24, 2.45) is 5.73 Å². The Bertz CT molecular complexity index is 301. The fourth-order valence-electron chi connectivity index (χ4n) is 0.375. The number of rotatable bonds is 4. The van der Waals surface area contributed by atoms with Crippen molar-refractivity contribution in [3.8, 4) is 0 Å². The molecule has 0 aliphatic rings. The van der Waals surface area contributed by atoms with Crippen LogP contribution in [-0.4, -0.2) is 29.2 Å². The second-order valence-corrected chi connectivity index (χ2v) is 4.43. The van der Waals surface area contributed by atoms with E-state index in [2.05, 4.69) is 13.2 Å². The van der Waals surface area contributed by atoms with E-state index in [-0.39, 0.29) is 18.1 Å². The van der Waals surface area contributed by atoms with Gasteiger partial charge in [0.05, 0.1) is 0 Å². The third-order valence-electron chi connectivity index (χ3n) is 1.29. The van der Waals surface area contributed by atoms with Gasteiger partial charge in [0.15, 0.2) is 0 Å². The molecular weight excluding hydrogens is 222 g/mol. The van der Waals surface area contributed by atoms with Crippen molar-refractivity contribution >= 4 is 11.9 Å². The number of ether oxygens (including phenoxy) is 1. The molecule has 0 fully saturated rings. The Balaban J connectivity index is 0. The fourth-order valence-corrected chi connectivity index (χ4v) is 0.375. The molecule has 0 spiro atoms. The topological polar surface area (TPSA) is 89.6 Å². The van der Waals surface area contributed by atoms with E-state index >= 15 is 0 Å². The number of carbonyl (C=O) groups is 2. The molecule has 0 aliphatic carbocycles. The monoisotopic (exact) mass is 243 g/mol. The largest absolute Gasteiger partial charge is 0.478 e. The number of aliphatic carboxylic acids is 1. The maximum atomic E-state index is 10.8. The maximum absolute atomic E-state index is 10.8. The van der Waals surface area contributed by atoms with Gasteiger partial charge in [-0.3, -0.25) is 0 Å². The molecule has 0 unspecified atom stereocenters. The van der Waals surface area contributed by atoms with Crippen LogP contribution in [0.15, 0.2) is 24.3 Å². The number of nitrogens with two attached hydrogens (primary N) is 1. The minimum atomic E-state index is -0.935. The van der Waals surface area contributed by atoms with E-state index in [9.17, 15) is 9.59 Å². The van der Waals surface area contributed by atoms with Gasteiger partial charge in [0.25, 0.3) is 0 Å². The summed E-state index contributed by atoms with van der Waals surface area (Å²) in [5.41, 5.74) is 5.68. The van der Waals surface area contributed by atoms with Crippen LogP contribution in [0.5, 0.6) is 0 Å². The molecule has 3 N–H and O–H groups in total. The Hall–Kier alpha value is -1.62. The first-order chi connectivity index (χ1) is 7.47. The van der Waals surface area contributed by atoms with Gasteiger partial charge in [-0.1, -0.05) is 13.2 Å². The van der Waals surface area contributed by atoms with Crippen molar-refractivity contribution in [1.29, 1.82) is 0 Å². The van der Waals surface area contributed by atoms with Gasteiger partial charge in [0, 0.05) is 16.7 Å². The zero-order chi connectivity index (χ0) is 14.2. The molecule has 0 aromatic heterocycles. The summed E-state index contributed by atoms with van der Waals surface area (Å²) in [5, 5.41) is 7.89. The molecular formula is C12H21NO4. The lowest BCUT2D eigenvalue weighted by molar-refractivity contribution is -0.140. The molecule has 5 nitrogen and oxygen atoms in total. The molecule has 0 rings (SSSR count). The second kappa shape index (κ2) is 7.62. The van der Waals surface area contributed by atoms with Crippen LogP contribution in [0.4, 0.5) is 0 Å². The highest BCUT2D eigenvalue weighted by molar-refractivity contribution is 5.87. The molecule has 17 heavy (non-hydrogen) atoms. The van der Waals surface area contributed by atoms with E-state index in [0.717, 1.165) is 0 Å². The van der Waals surface area contributed by atoms with Crippen molar-refractivity contribution in [1.82, 2.24) is 0 Å². The quantitative estimate of drug-likeness (QED) is 0.576. The predicted molar refractivity (Wildman–Crippen MR) is 66.5 cm³/mol. The second-order valence-electron chi connectivity index (χ2n) is 4.43. The van der Waals surface area contributed by atoms with Crippen LogP contribution in [0.25, 0.3) is 0 Å². The molecule has 0 aliphatic heterocycles. The lowest BCUT2D eigenvalue weighted by Crippen LogP contribution is -2.38. The van der Waals surface area contributed by atoms with Gasteiger partial charge in [-0.05, 0) is 27.7 Å². The van der Waals surface area contributed by atoms with Gasteiger partial charge in [-0.15, -0.1) is 0 Å². The summed E-state index contributed by atoms with van der Waals surface area (Å²) >= 11 is 0. The van der Waals surface area contributed by atoms with Gasteiger partial charge in [0.1, 0.15) is 6.61 Å². The number of hydrogen-bond acceptors (Lipinski definition) is 4. The van der Waals surface area contributed by atoms with Gasteiger partial charge in [0.2, 0.25) is 0 Å². The van der Waals surface area contributed by atoms with Crippen LogP contribution in [0.2, 0.25) is 0 Å². The van der Waals surface area contributed by atoms with E-state index < -0.39 is 11.5 Å². The van der Waals surface area contributed by atoms with E-state index in [1.54, 1.807) is 20.8 Å². The molecule has 0 heterocycles. The highest BCUT2D eigenvalue weighted by atomic mass is 16.5. The van der Waals surface area contributed by atoms with Gasteiger partial charge < -0.3 is 15.6 Å². The summed E-state index contributed by atoms with van der Waals surface area (Å²) in [7, 11) is 0. The smallest absolute Gasteiger partial charge is 0.333 e. The number of carbonyl (C=O) groups excluding carboxylic acids is 1. The van der Waals surface area contributed by atoms with Gasteiger partial charge in [-0.25, -0.2) is 9.59 Å². The number of esters is 1. The molecule has 0 aromatic rings. The standard InChI is InChI=1S/C8H15NO2.C4H6O2/c1-6(2)7(10)11-5-8(3,4)9;1-3(2)4(5)6/h1,5,9H2,2-4H3;1H2,2H3,(H,5,6). The molecule has 0 bridgehead atoms. The third kappa shape index (κ3) is 14.4. The summed E-state index contributed by atoms with van der Waals surface area (Å²) in [5.74, 6) is -1.32. The van der Waals surface area contributed by atoms with Crippen molar-refractivity contribution in [2.45, 2.75) is 33.2 Å². The van der Waals surface area contributed by atoms with Gasteiger partial charge in [-0.2, -0.15) is 0 Å². The fraction of sp³-hybridized carbons (Fsp3) is 0.500. The molecule has 0 amide bonds. The summed E-state index contributed by atoms with van der Waals surface area (Å²) in [6.07, 6.45) is 0. The van der Waals surface area contributed by atoms with Crippen LogP contribution in [0.1, 0.15) is 27.7 Å². The average molecular weight is 243 g/mol. The SMILES string of the molecule is C=C(C)C(=O)O.C=C(C)C(=O)OCC(C)(C)N. The number of hydrogen-bond donors (Lipinski definition) is 2. The molecule has 0 atom stereocenters. The Kier molecular flexibility index (Phi) is 7.96. The van der Waals surface area contributed by atoms with Crippen molar-refractivity contribution in [3.63, 3.8) is 0 Å². The summed E-state index contributed by atoms with van der Waals surface area (Å²) in [6.45, 7) is 13.4. The highest BCUT2D eigenvalue weighted by Crippen LogP contribution is 1.99. The Labute approximate surface area is 102 Å². The lowest BCUT2D eigenvalue weighted by atomic mass is 10.1. The minimum absolute atomic E-state index is 0.176. The summed E-state index contributed by atoms with van der Waals surface area (Å²) in [4.78, 5) is 20.4. The zero-order valence-electron chi connectivity index (χ0n) is 10.9.